The number of ether oxygens (including phenoxy) is 1. The smallest absolute Gasteiger partial charge is 0.493 e. The predicted octanol–water partition coefficient (Wildman–Crippen LogP) is 5.64. The zero-order valence-corrected chi connectivity index (χ0v) is 24.4. The van der Waals surface area contributed by atoms with E-state index >= 15 is 0 Å². The van der Waals surface area contributed by atoms with Gasteiger partial charge in [0.05, 0.1) is 47.2 Å². The average Bonchev–Trinajstić information content (AvgIpc) is 3.29. The van der Waals surface area contributed by atoms with Crippen LogP contribution in [0.3, 0.4) is 0 Å². The lowest BCUT2D eigenvalue weighted by atomic mass is 9.78. The van der Waals surface area contributed by atoms with E-state index in [-0.39, 0.29) is 5.04 Å². The molecule has 0 aliphatic carbocycles. The molecule has 0 radical (unpaired) electrons. The second-order valence-electron chi connectivity index (χ2n) is 12.1. The number of nitrogens with zero attached hydrogens (tertiary/aromatic N) is 3. The van der Waals surface area contributed by atoms with Gasteiger partial charge in [0.25, 0.3) is 0 Å². The van der Waals surface area contributed by atoms with E-state index in [9.17, 15) is 0 Å². The molecule has 3 aromatic rings. The van der Waals surface area contributed by atoms with E-state index in [4.69, 9.17) is 23.5 Å². The summed E-state index contributed by atoms with van der Waals surface area (Å²) in [5.41, 5.74) is 1.80. The lowest BCUT2D eigenvalue weighted by molar-refractivity contribution is 0.00578. The zero-order valence-electron chi connectivity index (χ0n) is 23.4. The maximum absolute atomic E-state index is 6.41. The molecule has 4 rings (SSSR count). The van der Waals surface area contributed by atoms with Crippen molar-refractivity contribution < 1.29 is 18.5 Å². The SMILES string of the molecule is CCOc1cc(B2OC(C)(C)C(C)(C)O2)cc2c1cnn2-c1cccc(CO[Si](C)(C)C(C)(C)C)n1. The second kappa shape index (κ2) is 9.28. The Labute approximate surface area is 216 Å². The molecule has 0 saturated carbocycles. The molecular formula is C27H40BN3O4Si. The van der Waals surface area contributed by atoms with Crippen LogP contribution in [0.5, 0.6) is 5.75 Å². The Bertz CT molecular complexity index is 1230. The lowest BCUT2D eigenvalue weighted by Crippen LogP contribution is -2.41. The highest BCUT2D eigenvalue weighted by Gasteiger charge is 2.52. The van der Waals surface area contributed by atoms with Crippen LogP contribution in [0.25, 0.3) is 16.7 Å². The number of hydrogen-bond donors (Lipinski definition) is 0. The molecule has 0 atom stereocenters. The fourth-order valence-electron chi connectivity index (χ4n) is 3.82. The first-order valence-electron chi connectivity index (χ1n) is 12.8. The minimum atomic E-state index is -1.88. The quantitative estimate of drug-likeness (QED) is 0.384. The van der Waals surface area contributed by atoms with Crippen molar-refractivity contribution in [3.63, 3.8) is 0 Å². The second-order valence-corrected chi connectivity index (χ2v) is 16.9. The molecule has 2 aromatic heterocycles. The van der Waals surface area contributed by atoms with Crippen molar-refractivity contribution in [1.82, 2.24) is 14.8 Å². The van der Waals surface area contributed by atoms with Crippen LogP contribution in [-0.4, -0.2) is 48.0 Å². The third-order valence-electron chi connectivity index (χ3n) is 7.89. The van der Waals surface area contributed by atoms with Crippen LogP contribution in [0.1, 0.15) is 61.1 Å². The third-order valence-corrected chi connectivity index (χ3v) is 12.4. The van der Waals surface area contributed by atoms with Crippen LogP contribution < -0.4 is 10.2 Å². The van der Waals surface area contributed by atoms with Crippen LogP contribution in [-0.2, 0) is 20.3 Å². The Balaban J connectivity index is 1.71. The highest BCUT2D eigenvalue weighted by atomic mass is 28.4. The summed E-state index contributed by atoms with van der Waals surface area (Å²) >= 11 is 0. The van der Waals surface area contributed by atoms with Gasteiger partial charge in [0, 0.05) is 0 Å². The van der Waals surface area contributed by atoms with Crippen molar-refractivity contribution >= 4 is 31.8 Å². The standard InChI is InChI=1S/C27H40BN3O4Si/c1-11-32-23-16-19(28-34-26(5,6)27(7,8)35-28)15-22-21(23)17-29-31(22)24-14-12-13-20(30-24)18-33-36(9,10)25(2,3)4/h12-17H,11,18H2,1-10H3. The minimum Gasteiger partial charge on any atom is -0.493 e. The first kappa shape index (κ1) is 26.9. The molecule has 0 spiro atoms. The van der Waals surface area contributed by atoms with Gasteiger partial charge in [-0.05, 0) is 82.5 Å². The highest BCUT2D eigenvalue weighted by Crippen LogP contribution is 2.38. The van der Waals surface area contributed by atoms with Gasteiger partial charge in [-0.2, -0.15) is 5.10 Å². The minimum absolute atomic E-state index is 0.141. The summed E-state index contributed by atoms with van der Waals surface area (Å²) in [5, 5.41) is 5.74. The summed E-state index contributed by atoms with van der Waals surface area (Å²) in [4.78, 5) is 4.89. The van der Waals surface area contributed by atoms with Crippen LogP contribution in [0.2, 0.25) is 18.1 Å². The molecule has 194 valence electrons. The summed E-state index contributed by atoms with van der Waals surface area (Å²) in [6.45, 7) is 22.5. The highest BCUT2D eigenvalue weighted by molar-refractivity contribution is 6.74. The fourth-order valence-corrected chi connectivity index (χ4v) is 4.77. The van der Waals surface area contributed by atoms with Crippen LogP contribution in [0.15, 0.2) is 36.5 Å². The van der Waals surface area contributed by atoms with Crippen molar-refractivity contribution in [1.29, 1.82) is 0 Å². The summed E-state index contributed by atoms with van der Waals surface area (Å²) in [5.74, 6) is 1.48. The molecule has 1 aliphatic rings. The molecule has 9 heteroatoms. The summed E-state index contributed by atoms with van der Waals surface area (Å²) in [6.07, 6.45) is 1.83. The van der Waals surface area contributed by atoms with E-state index in [0.717, 1.165) is 33.6 Å². The molecular weight excluding hydrogens is 469 g/mol. The van der Waals surface area contributed by atoms with Gasteiger partial charge in [-0.1, -0.05) is 26.8 Å². The maximum atomic E-state index is 6.41. The predicted molar refractivity (Wildman–Crippen MR) is 148 cm³/mol. The molecule has 3 heterocycles. The number of hydrogen-bond acceptors (Lipinski definition) is 6. The fraction of sp³-hybridized carbons (Fsp3) is 0.556. The molecule has 1 fully saturated rings. The maximum Gasteiger partial charge on any atom is 0.495 e. The van der Waals surface area contributed by atoms with E-state index in [0.29, 0.717) is 13.2 Å². The van der Waals surface area contributed by atoms with Crippen LogP contribution >= 0.6 is 0 Å². The molecule has 0 bridgehead atoms. The van der Waals surface area contributed by atoms with E-state index in [1.54, 1.807) is 0 Å². The van der Waals surface area contributed by atoms with E-state index in [2.05, 4.69) is 72.7 Å². The molecule has 0 unspecified atom stereocenters. The topological polar surface area (TPSA) is 67.6 Å². The van der Waals surface area contributed by atoms with E-state index in [1.165, 1.54) is 0 Å². The first-order valence-corrected chi connectivity index (χ1v) is 15.7. The largest absolute Gasteiger partial charge is 0.495 e. The molecule has 1 aromatic carbocycles. The van der Waals surface area contributed by atoms with Crippen molar-refractivity contribution in [3.8, 4) is 11.6 Å². The Morgan fingerprint density at radius 1 is 1.06 bits per heavy atom. The molecule has 0 amide bonds. The summed E-state index contributed by atoms with van der Waals surface area (Å²) in [6, 6.07) is 10.0. The van der Waals surface area contributed by atoms with E-state index in [1.807, 2.05) is 42.1 Å². The van der Waals surface area contributed by atoms with Gasteiger partial charge in [-0.25, -0.2) is 9.67 Å². The van der Waals surface area contributed by atoms with Crippen molar-refractivity contribution in [2.24, 2.45) is 0 Å². The number of benzene rings is 1. The lowest BCUT2D eigenvalue weighted by Gasteiger charge is -2.36. The van der Waals surface area contributed by atoms with Crippen LogP contribution in [0.4, 0.5) is 0 Å². The summed E-state index contributed by atoms with van der Waals surface area (Å²) < 4.78 is 26.9. The molecule has 1 aliphatic heterocycles. The third kappa shape index (κ3) is 4.98. The number of fused-ring (bicyclic) bond motifs is 1. The van der Waals surface area contributed by atoms with Gasteiger partial charge in [0.15, 0.2) is 14.1 Å². The first-order chi connectivity index (χ1) is 16.6. The van der Waals surface area contributed by atoms with Gasteiger partial charge in [-0.15, -0.1) is 0 Å². The van der Waals surface area contributed by atoms with E-state index < -0.39 is 26.6 Å². The van der Waals surface area contributed by atoms with Gasteiger partial charge >= 0.3 is 7.12 Å². The van der Waals surface area contributed by atoms with Gasteiger partial charge < -0.3 is 18.5 Å². The van der Waals surface area contributed by atoms with Gasteiger partial charge in [0.1, 0.15) is 5.75 Å². The normalized spacial score (nSPS) is 17.7. The molecule has 1 saturated heterocycles. The zero-order chi connectivity index (χ0) is 26.5. The Kier molecular flexibility index (Phi) is 6.92. The van der Waals surface area contributed by atoms with Crippen molar-refractivity contribution in [3.05, 3.63) is 42.2 Å². The van der Waals surface area contributed by atoms with Gasteiger partial charge in [0.2, 0.25) is 0 Å². The Hall–Kier alpha value is -2.20. The number of pyridine rings is 1. The van der Waals surface area contributed by atoms with Crippen molar-refractivity contribution in [2.75, 3.05) is 6.61 Å². The Morgan fingerprint density at radius 2 is 1.72 bits per heavy atom. The van der Waals surface area contributed by atoms with Gasteiger partial charge in [-0.3, -0.25) is 0 Å². The average molecular weight is 510 g/mol. The van der Waals surface area contributed by atoms with Crippen molar-refractivity contribution in [2.45, 2.75) is 91.3 Å². The monoisotopic (exact) mass is 509 g/mol. The Morgan fingerprint density at radius 3 is 2.33 bits per heavy atom. The number of rotatable bonds is 7. The number of aromatic nitrogens is 3. The molecule has 7 nitrogen and oxygen atoms in total. The summed E-state index contributed by atoms with van der Waals surface area (Å²) in [7, 11) is -2.39. The molecule has 36 heavy (non-hydrogen) atoms. The van der Waals surface area contributed by atoms with Crippen LogP contribution in [0, 0.1) is 0 Å². The molecule has 0 N–H and O–H groups in total.